The summed E-state index contributed by atoms with van der Waals surface area (Å²) in [7, 11) is 0. The van der Waals surface area contributed by atoms with Gasteiger partial charge in [-0.05, 0) is 60.6 Å². The monoisotopic (exact) mass is 595 g/mol. The summed E-state index contributed by atoms with van der Waals surface area (Å²) in [6.07, 6.45) is 5.27. The highest BCUT2D eigenvalue weighted by atomic mass is 32.2. The van der Waals surface area contributed by atoms with Gasteiger partial charge in [-0.15, -0.1) is 0 Å². The van der Waals surface area contributed by atoms with E-state index >= 15 is 0 Å². The predicted molar refractivity (Wildman–Crippen MR) is 161 cm³/mol. The first-order chi connectivity index (χ1) is 20.2. The number of benzene rings is 2. The molecule has 4 unspecified atom stereocenters. The van der Waals surface area contributed by atoms with E-state index in [2.05, 4.69) is 15.6 Å². The van der Waals surface area contributed by atoms with E-state index in [1.54, 1.807) is 30.1 Å². The summed E-state index contributed by atoms with van der Waals surface area (Å²) >= 11 is 1.58. The van der Waals surface area contributed by atoms with Crippen LogP contribution >= 0.6 is 11.8 Å². The van der Waals surface area contributed by atoms with E-state index in [-0.39, 0.29) is 24.5 Å². The van der Waals surface area contributed by atoms with E-state index in [1.807, 2.05) is 30.5 Å². The van der Waals surface area contributed by atoms with Gasteiger partial charge in [0.25, 0.3) is 0 Å². The van der Waals surface area contributed by atoms with Crippen molar-refractivity contribution in [2.75, 3.05) is 18.6 Å². The summed E-state index contributed by atoms with van der Waals surface area (Å²) in [5.41, 5.74) is 8.34. The number of aromatic amines is 1. The van der Waals surface area contributed by atoms with Gasteiger partial charge < -0.3 is 36.5 Å². The van der Waals surface area contributed by atoms with Gasteiger partial charge >= 0.3 is 5.97 Å². The summed E-state index contributed by atoms with van der Waals surface area (Å²) in [5, 5.41) is 25.9. The summed E-state index contributed by atoms with van der Waals surface area (Å²) in [4.78, 5) is 56.9. The molecule has 1 saturated heterocycles. The molecule has 1 aliphatic heterocycles. The molecule has 0 spiro atoms. The first-order valence-corrected chi connectivity index (χ1v) is 15.3. The molecule has 0 bridgehead atoms. The standard InChI is InChI=1S/C30H37N5O6S/c1-42-14-12-22(31)29(39)35-13-4-7-26(35)28(38)33-24(15-18-8-10-20(36)11-9-18)27(37)34-25(30(40)41)16-19-17-32-23-6-3-2-5-21(19)23/h2-3,5-6,8-11,17,22,24-26,32,36H,4,7,12-16,31H2,1H3,(H,33,38)(H,34,37)(H,40,41). The van der Waals surface area contributed by atoms with Crippen LogP contribution in [-0.2, 0) is 32.0 Å². The fraction of sp³-hybridized carbons (Fsp3) is 0.400. The number of fused-ring (bicyclic) bond motifs is 1. The van der Waals surface area contributed by atoms with Crippen molar-refractivity contribution in [3.63, 3.8) is 0 Å². The number of nitrogens with zero attached hydrogens (tertiary/aromatic N) is 1. The average molecular weight is 596 g/mol. The molecular weight excluding hydrogens is 558 g/mol. The summed E-state index contributed by atoms with van der Waals surface area (Å²) < 4.78 is 0. The van der Waals surface area contributed by atoms with Gasteiger partial charge in [0.2, 0.25) is 17.7 Å². The number of H-pyrrole nitrogens is 1. The van der Waals surface area contributed by atoms with Crippen molar-refractivity contribution in [3.8, 4) is 5.75 Å². The minimum Gasteiger partial charge on any atom is -0.508 e. The Balaban J connectivity index is 1.51. The highest BCUT2D eigenvalue weighted by Gasteiger charge is 2.38. The van der Waals surface area contributed by atoms with E-state index in [9.17, 15) is 29.4 Å². The number of carbonyl (C=O) groups excluding carboxylic acids is 3. The van der Waals surface area contributed by atoms with E-state index in [0.29, 0.717) is 31.4 Å². The van der Waals surface area contributed by atoms with E-state index in [4.69, 9.17) is 5.73 Å². The highest BCUT2D eigenvalue weighted by Crippen LogP contribution is 2.21. The zero-order valence-electron chi connectivity index (χ0n) is 23.4. The number of aromatic hydroxyl groups is 1. The third-order valence-electron chi connectivity index (χ3n) is 7.51. The molecule has 12 heteroatoms. The number of thioether (sulfide) groups is 1. The summed E-state index contributed by atoms with van der Waals surface area (Å²) in [5.74, 6) is -1.92. The average Bonchev–Trinajstić information content (AvgIpc) is 3.63. The molecule has 0 aliphatic carbocycles. The molecule has 0 saturated carbocycles. The van der Waals surface area contributed by atoms with Crippen molar-refractivity contribution in [1.29, 1.82) is 0 Å². The molecule has 7 N–H and O–H groups in total. The lowest BCUT2D eigenvalue weighted by Crippen LogP contribution is -2.57. The molecule has 1 fully saturated rings. The van der Waals surface area contributed by atoms with Crippen molar-refractivity contribution in [1.82, 2.24) is 20.5 Å². The van der Waals surface area contributed by atoms with Gasteiger partial charge in [-0.2, -0.15) is 11.8 Å². The second kappa shape index (κ2) is 14.2. The first-order valence-electron chi connectivity index (χ1n) is 13.9. The zero-order valence-corrected chi connectivity index (χ0v) is 24.2. The van der Waals surface area contributed by atoms with Crippen molar-refractivity contribution in [2.24, 2.45) is 5.73 Å². The van der Waals surface area contributed by atoms with Crippen LogP contribution in [0.15, 0.2) is 54.7 Å². The lowest BCUT2D eigenvalue weighted by Gasteiger charge is -2.28. The fourth-order valence-corrected chi connectivity index (χ4v) is 5.71. The minimum atomic E-state index is -1.25. The number of phenolic OH excluding ortho intramolecular Hbond substituents is 1. The van der Waals surface area contributed by atoms with Gasteiger partial charge in [-0.3, -0.25) is 14.4 Å². The molecule has 4 atom stereocenters. The van der Waals surface area contributed by atoms with E-state index < -0.39 is 42.0 Å². The molecule has 1 aromatic heterocycles. The number of rotatable bonds is 13. The molecule has 2 heterocycles. The predicted octanol–water partition coefficient (Wildman–Crippen LogP) is 1.78. The number of hydrogen-bond acceptors (Lipinski definition) is 7. The molecule has 4 rings (SSSR count). The van der Waals surface area contributed by atoms with Crippen molar-refractivity contribution in [2.45, 2.75) is 56.3 Å². The largest absolute Gasteiger partial charge is 0.508 e. The van der Waals surface area contributed by atoms with Crippen LogP contribution in [0.2, 0.25) is 0 Å². The van der Waals surface area contributed by atoms with Crippen LogP contribution in [0.3, 0.4) is 0 Å². The maximum Gasteiger partial charge on any atom is 0.326 e. The van der Waals surface area contributed by atoms with Gasteiger partial charge in [-0.25, -0.2) is 4.79 Å². The lowest BCUT2D eigenvalue weighted by molar-refractivity contribution is -0.143. The molecular formula is C30H37N5O6S. The first kappa shape index (κ1) is 30.9. The number of carboxylic acid groups (broad SMARTS) is 1. The minimum absolute atomic E-state index is 0.0315. The number of aromatic nitrogens is 1. The maximum absolute atomic E-state index is 13.6. The Bertz CT molecular complexity index is 1410. The van der Waals surface area contributed by atoms with Gasteiger partial charge in [0.15, 0.2) is 0 Å². The molecule has 3 aromatic rings. The lowest BCUT2D eigenvalue weighted by atomic mass is 10.0. The zero-order chi connectivity index (χ0) is 30.2. The number of para-hydroxylation sites is 1. The van der Waals surface area contributed by atoms with Crippen LogP contribution in [0.25, 0.3) is 10.9 Å². The molecule has 224 valence electrons. The smallest absolute Gasteiger partial charge is 0.326 e. The van der Waals surface area contributed by atoms with E-state index in [1.165, 1.54) is 17.0 Å². The van der Waals surface area contributed by atoms with Crippen molar-refractivity contribution in [3.05, 3.63) is 65.9 Å². The summed E-state index contributed by atoms with van der Waals surface area (Å²) in [6.45, 7) is 0.393. The third-order valence-corrected chi connectivity index (χ3v) is 8.16. The third kappa shape index (κ3) is 7.62. The number of amides is 3. The van der Waals surface area contributed by atoms with Gasteiger partial charge in [0.1, 0.15) is 23.9 Å². The summed E-state index contributed by atoms with van der Waals surface area (Å²) in [6, 6.07) is 9.77. The number of aliphatic carboxylic acids is 1. The fourth-order valence-electron chi connectivity index (χ4n) is 5.22. The Labute approximate surface area is 248 Å². The Morgan fingerprint density at radius 1 is 1.07 bits per heavy atom. The number of phenols is 1. The van der Waals surface area contributed by atoms with Crippen LogP contribution in [0, 0.1) is 0 Å². The van der Waals surface area contributed by atoms with Crippen LogP contribution in [0.5, 0.6) is 5.75 Å². The SMILES string of the molecule is CSCCC(N)C(=O)N1CCCC1C(=O)NC(Cc1ccc(O)cc1)C(=O)NC(Cc1c[nH]c2ccccc12)C(=O)O. The molecule has 42 heavy (non-hydrogen) atoms. The topological polar surface area (TPSA) is 178 Å². The second-order valence-electron chi connectivity index (χ2n) is 10.5. The Hall–Kier alpha value is -4.03. The van der Waals surface area contributed by atoms with Crippen molar-refractivity contribution >= 4 is 46.4 Å². The number of carboxylic acids is 1. The Kier molecular flexibility index (Phi) is 10.5. The molecule has 0 radical (unpaired) electrons. The Morgan fingerprint density at radius 2 is 1.81 bits per heavy atom. The van der Waals surface area contributed by atoms with Crippen LogP contribution in [0.4, 0.5) is 0 Å². The number of nitrogens with two attached hydrogens (primary N) is 1. The number of likely N-dealkylation sites (tertiary alicyclic amines) is 1. The maximum atomic E-state index is 13.6. The normalized spacial score (nSPS) is 17.0. The molecule has 2 aromatic carbocycles. The highest BCUT2D eigenvalue weighted by molar-refractivity contribution is 7.98. The van der Waals surface area contributed by atoms with Gasteiger partial charge in [0, 0.05) is 36.5 Å². The molecule has 3 amide bonds. The van der Waals surface area contributed by atoms with Crippen LogP contribution in [0.1, 0.15) is 30.4 Å². The van der Waals surface area contributed by atoms with Gasteiger partial charge in [-0.1, -0.05) is 30.3 Å². The number of hydrogen-bond donors (Lipinski definition) is 6. The quantitative estimate of drug-likeness (QED) is 0.173. The molecule has 1 aliphatic rings. The van der Waals surface area contributed by atoms with Crippen LogP contribution < -0.4 is 16.4 Å². The van der Waals surface area contributed by atoms with Gasteiger partial charge in [0.05, 0.1) is 6.04 Å². The van der Waals surface area contributed by atoms with E-state index in [0.717, 1.165) is 22.2 Å². The van der Waals surface area contributed by atoms with Crippen molar-refractivity contribution < 1.29 is 29.4 Å². The van der Waals surface area contributed by atoms with Crippen LogP contribution in [-0.4, -0.2) is 86.5 Å². The number of nitrogens with one attached hydrogen (secondary N) is 3. The molecule has 11 nitrogen and oxygen atoms in total. The second-order valence-corrected chi connectivity index (χ2v) is 11.5. The number of carbonyl (C=O) groups is 4. The Morgan fingerprint density at radius 3 is 2.52 bits per heavy atom.